The highest BCUT2D eigenvalue weighted by atomic mass is 16.1. The SMILES string of the molecule is CC(C)N1CCC(C)(C(=O)Cc2ccccn2)CC1. The minimum absolute atomic E-state index is 0.164. The monoisotopic (exact) mass is 260 g/mol. The van der Waals surface area contributed by atoms with Gasteiger partial charge in [0.15, 0.2) is 0 Å². The number of hydrogen-bond donors (Lipinski definition) is 0. The highest BCUT2D eigenvalue weighted by Gasteiger charge is 2.36. The minimum Gasteiger partial charge on any atom is -0.301 e. The number of hydrogen-bond acceptors (Lipinski definition) is 3. The maximum Gasteiger partial charge on any atom is 0.144 e. The second-order valence-electron chi connectivity index (χ2n) is 6.11. The number of pyridine rings is 1. The van der Waals surface area contributed by atoms with Crippen molar-refractivity contribution in [1.82, 2.24) is 9.88 Å². The van der Waals surface area contributed by atoms with Crippen molar-refractivity contribution >= 4 is 5.78 Å². The molecule has 1 saturated heterocycles. The second-order valence-corrected chi connectivity index (χ2v) is 6.11. The summed E-state index contributed by atoms with van der Waals surface area (Å²) in [5.41, 5.74) is 0.725. The summed E-state index contributed by atoms with van der Waals surface area (Å²) in [5, 5.41) is 0. The molecule has 2 heterocycles. The fraction of sp³-hybridized carbons (Fsp3) is 0.625. The minimum atomic E-state index is -0.164. The number of aromatic nitrogens is 1. The summed E-state index contributed by atoms with van der Waals surface area (Å²) < 4.78 is 0. The van der Waals surface area contributed by atoms with Crippen LogP contribution < -0.4 is 0 Å². The van der Waals surface area contributed by atoms with E-state index in [4.69, 9.17) is 0 Å². The van der Waals surface area contributed by atoms with Crippen molar-refractivity contribution in [2.45, 2.75) is 46.1 Å². The van der Waals surface area contributed by atoms with Crippen LogP contribution >= 0.6 is 0 Å². The van der Waals surface area contributed by atoms with Gasteiger partial charge in [-0.05, 0) is 51.9 Å². The van der Waals surface area contributed by atoms with E-state index >= 15 is 0 Å². The summed E-state index contributed by atoms with van der Waals surface area (Å²) in [7, 11) is 0. The summed E-state index contributed by atoms with van der Waals surface area (Å²) >= 11 is 0. The van der Waals surface area contributed by atoms with Crippen LogP contribution in [0.4, 0.5) is 0 Å². The Morgan fingerprint density at radius 3 is 2.58 bits per heavy atom. The zero-order valence-corrected chi connectivity index (χ0v) is 12.2. The zero-order chi connectivity index (χ0) is 13.9. The number of carbonyl (C=O) groups is 1. The number of Topliss-reactive ketones (excluding diaryl/α,β-unsaturated/α-hetero) is 1. The molecule has 1 aromatic rings. The molecule has 19 heavy (non-hydrogen) atoms. The third-order valence-corrected chi connectivity index (χ3v) is 4.37. The molecular weight excluding hydrogens is 236 g/mol. The summed E-state index contributed by atoms with van der Waals surface area (Å²) in [4.78, 5) is 19.2. The van der Waals surface area contributed by atoms with Crippen molar-refractivity contribution in [3.63, 3.8) is 0 Å². The van der Waals surface area contributed by atoms with Crippen LogP contribution in [-0.4, -0.2) is 34.8 Å². The molecule has 0 unspecified atom stereocenters. The first kappa shape index (κ1) is 14.2. The largest absolute Gasteiger partial charge is 0.301 e. The number of piperidine rings is 1. The van der Waals surface area contributed by atoms with Crippen LogP contribution in [-0.2, 0) is 11.2 Å². The molecule has 1 aliphatic rings. The maximum absolute atomic E-state index is 12.5. The lowest BCUT2D eigenvalue weighted by atomic mass is 9.75. The maximum atomic E-state index is 12.5. The van der Waals surface area contributed by atoms with Gasteiger partial charge in [0, 0.05) is 29.8 Å². The zero-order valence-electron chi connectivity index (χ0n) is 12.2. The first-order chi connectivity index (χ1) is 9.01. The number of likely N-dealkylation sites (tertiary alicyclic amines) is 1. The highest BCUT2D eigenvalue weighted by molar-refractivity contribution is 5.86. The van der Waals surface area contributed by atoms with Crippen LogP contribution in [0.5, 0.6) is 0 Å². The molecule has 0 radical (unpaired) electrons. The Morgan fingerprint density at radius 2 is 2.05 bits per heavy atom. The number of carbonyl (C=O) groups excluding carboxylic acids is 1. The number of nitrogens with zero attached hydrogens (tertiary/aromatic N) is 2. The fourth-order valence-corrected chi connectivity index (χ4v) is 2.69. The average molecular weight is 260 g/mol. The Balaban J connectivity index is 1.96. The van der Waals surface area contributed by atoms with Crippen molar-refractivity contribution in [2.75, 3.05) is 13.1 Å². The van der Waals surface area contributed by atoms with Crippen molar-refractivity contribution in [3.05, 3.63) is 30.1 Å². The first-order valence-electron chi connectivity index (χ1n) is 7.18. The average Bonchev–Trinajstić information content (AvgIpc) is 2.40. The van der Waals surface area contributed by atoms with E-state index in [1.807, 2.05) is 18.2 Å². The van der Waals surface area contributed by atoms with E-state index in [1.165, 1.54) is 0 Å². The van der Waals surface area contributed by atoms with Gasteiger partial charge in [-0.2, -0.15) is 0 Å². The summed E-state index contributed by atoms with van der Waals surface area (Å²) in [6, 6.07) is 6.34. The van der Waals surface area contributed by atoms with Gasteiger partial charge in [0.1, 0.15) is 5.78 Å². The molecule has 0 atom stereocenters. The molecular formula is C16H24N2O. The molecule has 0 amide bonds. The normalized spacial score (nSPS) is 19.6. The lowest BCUT2D eigenvalue weighted by Crippen LogP contribution is -2.45. The Labute approximate surface area is 116 Å². The molecule has 0 bridgehead atoms. The number of ketones is 1. The third kappa shape index (κ3) is 3.41. The fourth-order valence-electron chi connectivity index (χ4n) is 2.69. The number of rotatable bonds is 4. The van der Waals surface area contributed by atoms with E-state index in [-0.39, 0.29) is 5.41 Å². The molecule has 0 saturated carbocycles. The molecule has 0 aliphatic carbocycles. The van der Waals surface area contributed by atoms with E-state index in [0.717, 1.165) is 31.6 Å². The van der Waals surface area contributed by atoms with Crippen LogP contribution in [0, 0.1) is 5.41 Å². The van der Waals surface area contributed by atoms with Gasteiger partial charge in [-0.15, -0.1) is 0 Å². The third-order valence-electron chi connectivity index (χ3n) is 4.37. The molecule has 1 aromatic heterocycles. The molecule has 0 N–H and O–H groups in total. The summed E-state index contributed by atoms with van der Waals surface area (Å²) in [5.74, 6) is 0.342. The highest BCUT2D eigenvalue weighted by Crippen LogP contribution is 2.33. The van der Waals surface area contributed by atoms with Crippen molar-refractivity contribution in [1.29, 1.82) is 0 Å². The van der Waals surface area contributed by atoms with Gasteiger partial charge in [-0.1, -0.05) is 13.0 Å². The van der Waals surface area contributed by atoms with Gasteiger partial charge in [-0.3, -0.25) is 9.78 Å². The molecule has 2 rings (SSSR count). The lowest BCUT2D eigenvalue weighted by molar-refractivity contribution is -0.130. The van der Waals surface area contributed by atoms with Crippen LogP contribution in [0.3, 0.4) is 0 Å². The van der Waals surface area contributed by atoms with E-state index in [9.17, 15) is 4.79 Å². The Hall–Kier alpha value is -1.22. The van der Waals surface area contributed by atoms with Gasteiger partial charge in [0.2, 0.25) is 0 Å². The molecule has 3 nitrogen and oxygen atoms in total. The quantitative estimate of drug-likeness (QED) is 0.834. The van der Waals surface area contributed by atoms with Crippen molar-refractivity contribution < 1.29 is 4.79 Å². The van der Waals surface area contributed by atoms with Gasteiger partial charge < -0.3 is 4.90 Å². The van der Waals surface area contributed by atoms with Gasteiger partial charge >= 0.3 is 0 Å². The van der Waals surface area contributed by atoms with E-state index in [2.05, 4.69) is 30.7 Å². The standard InChI is InChI=1S/C16H24N2O/c1-13(2)18-10-7-16(3,8-11-18)15(19)12-14-6-4-5-9-17-14/h4-6,9,13H,7-8,10-12H2,1-3H3. The van der Waals surface area contributed by atoms with E-state index in [0.29, 0.717) is 18.2 Å². The van der Waals surface area contributed by atoms with Crippen molar-refractivity contribution in [3.8, 4) is 0 Å². The molecule has 1 fully saturated rings. The van der Waals surface area contributed by atoms with Crippen LogP contribution in [0.15, 0.2) is 24.4 Å². The molecule has 104 valence electrons. The van der Waals surface area contributed by atoms with Crippen LogP contribution in [0.2, 0.25) is 0 Å². The smallest absolute Gasteiger partial charge is 0.144 e. The molecule has 3 heteroatoms. The lowest BCUT2D eigenvalue weighted by Gasteiger charge is -2.40. The van der Waals surface area contributed by atoms with Gasteiger partial charge in [-0.25, -0.2) is 0 Å². The Bertz CT molecular complexity index is 420. The summed E-state index contributed by atoms with van der Waals surface area (Å²) in [6.07, 6.45) is 4.17. The second kappa shape index (κ2) is 5.83. The van der Waals surface area contributed by atoms with Crippen LogP contribution in [0.25, 0.3) is 0 Å². The van der Waals surface area contributed by atoms with Gasteiger partial charge in [0.25, 0.3) is 0 Å². The van der Waals surface area contributed by atoms with E-state index in [1.54, 1.807) is 6.20 Å². The van der Waals surface area contributed by atoms with Crippen LogP contribution in [0.1, 0.15) is 39.3 Å². The molecule has 1 aliphatic heterocycles. The molecule has 0 spiro atoms. The predicted molar refractivity (Wildman–Crippen MR) is 77.0 cm³/mol. The molecule has 0 aromatic carbocycles. The predicted octanol–water partition coefficient (Wildman–Crippen LogP) is 2.70. The first-order valence-corrected chi connectivity index (χ1v) is 7.18. The van der Waals surface area contributed by atoms with Crippen molar-refractivity contribution in [2.24, 2.45) is 5.41 Å². The Kier molecular flexibility index (Phi) is 4.35. The topological polar surface area (TPSA) is 33.2 Å². The van der Waals surface area contributed by atoms with E-state index < -0.39 is 0 Å². The Morgan fingerprint density at radius 1 is 1.37 bits per heavy atom. The summed E-state index contributed by atoms with van der Waals surface area (Å²) in [6.45, 7) is 8.62. The van der Waals surface area contributed by atoms with Gasteiger partial charge in [0.05, 0.1) is 0 Å².